The van der Waals surface area contributed by atoms with Crippen LogP contribution in [0.2, 0.25) is 0 Å². The van der Waals surface area contributed by atoms with Gasteiger partial charge in [0, 0.05) is 11.5 Å². The highest BCUT2D eigenvalue weighted by molar-refractivity contribution is 7.93. The second-order valence-electron chi connectivity index (χ2n) is 1.19. The van der Waals surface area contributed by atoms with Crippen LogP contribution < -0.4 is 4.72 Å². The van der Waals surface area contributed by atoms with E-state index in [9.17, 15) is 0 Å². The number of nitrogens with one attached hydrogen (secondary N) is 1. The van der Waals surface area contributed by atoms with Crippen molar-refractivity contribution in [2.24, 2.45) is 0 Å². The lowest BCUT2D eigenvalue weighted by molar-refractivity contribution is 0.393. The van der Waals surface area contributed by atoms with Gasteiger partial charge in [0.2, 0.25) is 0 Å². The molecule has 0 atom stereocenters. The molecule has 1 aliphatic rings. The molecule has 0 spiro atoms. The molecular weight excluding hydrogens is 154 g/mol. The van der Waals surface area contributed by atoms with E-state index < -0.39 is 0 Å². The van der Waals surface area contributed by atoms with Gasteiger partial charge < -0.3 is 13.4 Å². The van der Waals surface area contributed by atoms with Gasteiger partial charge in [-0.2, -0.15) is 0 Å². The summed E-state index contributed by atoms with van der Waals surface area (Å²) in [6.07, 6.45) is 6.19. The fourth-order valence-electron chi connectivity index (χ4n) is 0.275. The van der Waals surface area contributed by atoms with Crippen LogP contribution in [0.3, 0.4) is 0 Å². The van der Waals surface area contributed by atoms with Gasteiger partial charge in [-0.15, -0.1) is 5.10 Å². The van der Waals surface area contributed by atoms with Crippen molar-refractivity contribution in [3.63, 3.8) is 0 Å². The maximum Gasteiger partial charge on any atom is 0.175 e. The molecule has 2 heterocycles. The molecule has 54 valence electrons. The largest absolute Gasteiger partial charge is 0.412 e. The van der Waals surface area contributed by atoms with Crippen LogP contribution in [0, 0.1) is 0 Å². The van der Waals surface area contributed by atoms with Gasteiger partial charge in [0.25, 0.3) is 0 Å². The lowest BCUT2D eigenvalue weighted by Gasteiger charge is -1.77. The summed E-state index contributed by atoms with van der Waals surface area (Å²) in [5.41, 5.74) is 0. The normalized spacial score (nSPS) is 12.8. The Labute approximate surface area is 61.8 Å². The van der Waals surface area contributed by atoms with Gasteiger partial charge in [-0.1, -0.05) is 0 Å². The summed E-state index contributed by atoms with van der Waals surface area (Å²) in [6, 6.07) is 0. The van der Waals surface area contributed by atoms with Crippen LogP contribution in [-0.4, -0.2) is 10.4 Å². The standard InChI is InChI=1S/C2H2N2O.C2H3NOS/c1-2-5-4-3-1;1-2-4-5-3-1/h1-2H;1-3H. The molecule has 1 aliphatic heterocycles. The van der Waals surface area contributed by atoms with Crippen molar-refractivity contribution in [1.82, 2.24) is 15.1 Å². The summed E-state index contributed by atoms with van der Waals surface area (Å²) in [7, 11) is 0. The predicted molar refractivity (Wildman–Crippen MR) is 35.2 cm³/mol. The zero-order chi connectivity index (χ0) is 7.07. The molecule has 0 aromatic carbocycles. The monoisotopic (exact) mass is 159 g/mol. The number of nitrogens with zero attached hydrogens (tertiary/aromatic N) is 2. The highest BCUT2D eigenvalue weighted by Gasteiger charge is 1.83. The maximum absolute atomic E-state index is 4.57. The van der Waals surface area contributed by atoms with E-state index in [4.69, 9.17) is 0 Å². The summed E-state index contributed by atoms with van der Waals surface area (Å²) >= 11 is 1.21. The Morgan fingerprint density at radius 2 is 2.50 bits per heavy atom. The molecule has 0 bridgehead atoms. The summed E-state index contributed by atoms with van der Waals surface area (Å²) in [5.74, 6) is 0. The van der Waals surface area contributed by atoms with Gasteiger partial charge in [-0.3, -0.25) is 0 Å². The van der Waals surface area contributed by atoms with Crippen molar-refractivity contribution in [2.45, 2.75) is 0 Å². The van der Waals surface area contributed by atoms with Gasteiger partial charge in [0.1, 0.15) is 12.5 Å². The Morgan fingerprint density at radius 1 is 1.50 bits per heavy atom. The Hall–Kier alpha value is -1.17. The molecule has 0 radical (unpaired) electrons. The SMILES string of the molecule is C1=COSN1.c1conn1. The van der Waals surface area contributed by atoms with Crippen LogP contribution in [0.25, 0.3) is 0 Å². The molecule has 0 aliphatic carbocycles. The molecule has 1 aromatic heterocycles. The smallest absolute Gasteiger partial charge is 0.175 e. The third-order valence-electron chi connectivity index (χ3n) is 0.571. The second-order valence-corrected chi connectivity index (χ2v) is 1.78. The molecular formula is C4H5N3O2S. The van der Waals surface area contributed by atoms with Crippen LogP contribution in [-0.2, 0) is 4.18 Å². The van der Waals surface area contributed by atoms with E-state index in [1.54, 1.807) is 12.5 Å². The van der Waals surface area contributed by atoms with E-state index in [0.717, 1.165) is 0 Å². The first-order valence-corrected chi connectivity index (χ1v) is 3.18. The summed E-state index contributed by atoms with van der Waals surface area (Å²) in [6.45, 7) is 0. The van der Waals surface area contributed by atoms with E-state index in [1.807, 2.05) is 0 Å². The van der Waals surface area contributed by atoms with Crippen molar-refractivity contribution in [3.8, 4) is 0 Å². The van der Waals surface area contributed by atoms with Crippen LogP contribution in [0.5, 0.6) is 0 Å². The van der Waals surface area contributed by atoms with Crippen LogP contribution >= 0.6 is 12.2 Å². The van der Waals surface area contributed by atoms with Crippen molar-refractivity contribution < 1.29 is 8.71 Å². The highest BCUT2D eigenvalue weighted by atomic mass is 32.2. The van der Waals surface area contributed by atoms with Gasteiger partial charge in [0.15, 0.2) is 12.2 Å². The molecule has 10 heavy (non-hydrogen) atoms. The number of aromatic nitrogens is 2. The van der Waals surface area contributed by atoms with E-state index in [-0.39, 0.29) is 0 Å². The fourth-order valence-corrected chi connectivity index (χ4v) is 0.553. The van der Waals surface area contributed by atoms with Crippen molar-refractivity contribution >= 4 is 12.2 Å². The highest BCUT2D eigenvalue weighted by Crippen LogP contribution is 2.01. The minimum atomic E-state index is 1.21. The van der Waals surface area contributed by atoms with Crippen molar-refractivity contribution in [2.75, 3.05) is 0 Å². The topological polar surface area (TPSA) is 60.2 Å². The first kappa shape index (κ1) is 6.94. The van der Waals surface area contributed by atoms with Gasteiger partial charge in [-0.25, -0.2) is 0 Å². The van der Waals surface area contributed by atoms with Gasteiger partial charge in [0.05, 0.1) is 6.20 Å². The molecule has 0 saturated heterocycles. The molecule has 2 rings (SSSR count). The molecule has 6 heteroatoms. The zero-order valence-corrected chi connectivity index (χ0v) is 5.75. The number of hydrogen-bond acceptors (Lipinski definition) is 6. The first-order valence-electron chi connectivity index (χ1n) is 2.44. The zero-order valence-electron chi connectivity index (χ0n) is 4.93. The Morgan fingerprint density at radius 3 is 2.70 bits per heavy atom. The third kappa shape index (κ3) is 2.98. The average Bonchev–Trinajstić information content (AvgIpc) is 2.67. The molecule has 0 unspecified atom stereocenters. The van der Waals surface area contributed by atoms with Gasteiger partial charge >= 0.3 is 0 Å². The Balaban J connectivity index is 0.0000001000. The van der Waals surface area contributed by atoms with Crippen molar-refractivity contribution in [3.05, 3.63) is 24.9 Å². The van der Waals surface area contributed by atoms with Crippen LogP contribution in [0.4, 0.5) is 0 Å². The van der Waals surface area contributed by atoms with E-state index in [2.05, 4.69) is 23.8 Å². The molecule has 0 fully saturated rings. The molecule has 0 amide bonds. The maximum atomic E-state index is 4.57. The fraction of sp³-hybridized carbons (Fsp3) is 0. The molecule has 5 nitrogen and oxygen atoms in total. The van der Waals surface area contributed by atoms with Crippen molar-refractivity contribution in [1.29, 1.82) is 0 Å². The number of rotatable bonds is 0. The minimum absolute atomic E-state index is 1.21. The van der Waals surface area contributed by atoms with E-state index >= 15 is 0 Å². The predicted octanol–water partition coefficient (Wildman–Crippen LogP) is 0.710. The van der Waals surface area contributed by atoms with E-state index in [0.29, 0.717) is 0 Å². The lowest BCUT2D eigenvalue weighted by Crippen LogP contribution is -1.77. The Bertz CT molecular complexity index is 153. The molecule has 1 aromatic rings. The van der Waals surface area contributed by atoms with Crippen LogP contribution in [0.1, 0.15) is 0 Å². The summed E-state index contributed by atoms with van der Waals surface area (Å²) < 4.78 is 11.5. The van der Waals surface area contributed by atoms with Crippen LogP contribution in [0.15, 0.2) is 29.4 Å². The quantitative estimate of drug-likeness (QED) is 0.444. The number of hydrogen-bond donors (Lipinski definition) is 1. The molecule has 0 saturated carbocycles. The first-order chi connectivity index (χ1) is 5.00. The second kappa shape index (κ2) is 4.68. The lowest BCUT2D eigenvalue weighted by atomic mass is 11.0. The van der Waals surface area contributed by atoms with Gasteiger partial charge in [-0.05, 0) is 0 Å². The summed E-state index contributed by atoms with van der Waals surface area (Å²) in [5, 5.41) is 6.40. The Kier molecular flexibility index (Phi) is 3.25. The third-order valence-corrected chi connectivity index (χ3v) is 1.01. The average molecular weight is 159 g/mol. The molecule has 1 N–H and O–H groups in total. The minimum Gasteiger partial charge on any atom is -0.412 e. The summed E-state index contributed by atoms with van der Waals surface area (Å²) in [4.78, 5) is 0. The van der Waals surface area contributed by atoms with E-state index in [1.165, 1.54) is 24.7 Å².